The van der Waals surface area contributed by atoms with Gasteiger partial charge < -0.3 is 9.84 Å². The van der Waals surface area contributed by atoms with Crippen molar-refractivity contribution < 1.29 is 13.7 Å². The average Bonchev–Trinajstić information content (AvgIpc) is 3.06. The maximum atomic E-state index is 13.4. The number of rotatable bonds is 7. The van der Waals surface area contributed by atoms with E-state index in [9.17, 15) is 9.18 Å². The van der Waals surface area contributed by atoms with Crippen LogP contribution < -0.4 is 5.32 Å². The Morgan fingerprint density at radius 1 is 1.15 bits per heavy atom. The van der Waals surface area contributed by atoms with Gasteiger partial charge in [-0.15, -0.1) is 0 Å². The molecule has 0 saturated carbocycles. The quantitative estimate of drug-likeness (QED) is 0.690. The summed E-state index contributed by atoms with van der Waals surface area (Å²) in [4.78, 5) is 17.0. The van der Waals surface area contributed by atoms with Gasteiger partial charge in [-0.05, 0) is 36.6 Å². The van der Waals surface area contributed by atoms with E-state index in [1.165, 1.54) is 12.1 Å². The molecule has 3 rings (SSSR count). The molecule has 2 aromatic carbocycles. The number of hydrogen-bond donors (Lipinski definition) is 1. The van der Waals surface area contributed by atoms with Gasteiger partial charge in [0, 0.05) is 5.92 Å². The highest BCUT2D eigenvalue weighted by molar-refractivity contribution is 5.79. The smallest absolute Gasteiger partial charge is 0.229 e. The van der Waals surface area contributed by atoms with Gasteiger partial charge >= 0.3 is 0 Å². The van der Waals surface area contributed by atoms with Crippen LogP contribution in [0.3, 0.4) is 0 Å². The van der Waals surface area contributed by atoms with E-state index >= 15 is 0 Å². The zero-order chi connectivity index (χ0) is 19.2. The summed E-state index contributed by atoms with van der Waals surface area (Å²) in [6.45, 7) is 3.59. The molecular weight excluding hydrogens is 345 g/mol. The molecule has 6 heteroatoms. The molecule has 0 fully saturated rings. The van der Waals surface area contributed by atoms with Gasteiger partial charge in [0.1, 0.15) is 5.82 Å². The fourth-order valence-electron chi connectivity index (χ4n) is 2.96. The summed E-state index contributed by atoms with van der Waals surface area (Å²) in [6, 6.07) is 15.7. The lowest BCUT2D eigenvalue weighted by atomic mass is 9.98. The van der Waals surface area contributed by atoms with E-state index in [2.05, 4.69) is 15.5 Å². The van der Waals surface area contributed by atoms with Crippen molar-refractivity contribution in [1.29, 1.82) is 0 Å². The number of halogens is 1. The van der Waals surface area contributed by atoms with Crippen molar-refractivity contribution in [3.63, 3.8) is 0 Å². The van der Waals surface area contributed by atoms with Crippen LogP contribution >= 0.6 is 0 Å². The second kappa shape index (κ2) is 8.58. The van der Waals surface area contributed by atoms with Crippen LogP contribution in [-0.2, 0) is 17.6 Å². The Kier molecular flexibility index (Phi) is 5.96. The highest BCUT2D eigenvalue weighted by Gasteiger charge is 2.22. The van der Waals surface area contributed by atoms with Crippen LogP contribution in [0.1, 0.15) is 35.8 Å². The third-order valence-electron chi connectivity index (χ3n) is 4.35. The second-order valence-corrected chi connectivity index (χ2v) is 6.65. The van der Waals surface area contributed by atoms with E-state index < -0.39 is 0 Å². The summed E-state index contributed by atoms with van der Waals surface area (Å²) in [5, 5.41) is 6.87. The van der Waals surface area contributed by atoms with Gasteiger partial charge in [-0.25, -0.2) is 4.39 Å². The molecule has 0 aliphatic rings. The van der Waals surface area contributed by atoms with Crippen LogP contribution in [0.4, 0.5) is 4.39 Å². The zero-order valence-electron chi connectivity index (χ0n) is 15.4. The Morgan fingerprint density at radius 3 is 2.59 bits per heavy atom. The van der Waals surface area contributed by atoms with E-state index in [1.54, 1.807) is 13.0 Å². The van der Waals surface area contributed by atoms with Crippen LogP contribution in [0.25, 0.3) is 0 Å². The van der Waals surface area contributed by atoms with Gasteiger partial charge in [-0.3, -0.25) is 4.79 Å². The maximum absolute atomic E-state index is 13.4. The topological polar surface area (TPSA) is 68.0 Å². The Bertz CT molecular complexity index is 895. The predicted octanol–water partition coefficient (Wildman–Crippen LogP) is 3.80. The van der Waals surface area contributed by atoms with Crippen molar-refractivity contribution in [2.75, 3.05) is 0 Å². The van der Waals surface area contributed by atoms with Gasteiger partial charge in [-0.2, -0.15) is 4.98 Å². The summed E-state index contributed by atoms with van der Waals surface area (Å²) >= 11 is 0. The second-order valence-electron chi connectivity index (χ2n) is 6.65. The van der Waals surface area contributed by atoms with Gasteiger partial charge in [-0.1, -0.05) is 54.5 Å². The van der Waals surface area contributed by atoms with Gasteiger partial charge in [0.2, 0.25) is 11.8 Å². The lowest BCUT2D eigenvalue weighted by Gasteiger charge is -2.20. The molecule has 3 aromatic rings. The minimum absolute atomic E-state index is 0.107. The molecule has 1 amide bonds. The maximum Gasteiger partial charge on any atom is 0.229 e. The molecule has 0 bridgehead atoms. The Balaban J connectivity index is 1.71. The van der Waals surface area contributed by atoms with Crippen molar-refractivity contribution in [2.45, 2.75) is 32.7 Å². The van der Waals surface area contributed by atoms with E-state index in [-0.39, 0.29) is 23.7 Å². The molecule has 1 aromatic heterocycles. The SMILES string of the molecule is Cc1noc(C[C@H](NC(=O)[C@H](C)Cc2cccc(F)c2)c2ccccc2)n1. The Labute approximate surface area is 157 Å². The van der Waals surface area contributed by atoms with Gasteiger partial charge in [0.05, 0.1) is 12.5 Å². The number of nitrogens with one attached hydrogen (secondary N) is 1. The molecule has 2 atom stereocenters. The Morgan fingerprint density at radius 2 is 1.93 bits per heavy atom. The monoisotopic (exact) mass is 367 g/mol. The number of nitrogens with zero attached hydrogens (tertiary/aromatic N) is 2. The fraction of sp³-hybridized carbons (Fsp3) is 0.286. The predicted molar refractivity (Wildman–Crippen MR) is 99.3 cm³/mol. The molecular formula is C21H22FN3O2. The number of carbonyl (C=O) groups excluding carboxylic acids is 1. The molecule has 0 aliphatic heterocycles. The Hall–Kier alpha value is -3.02. The molecule has 0 saturated heterocycles. The summed E-state index contributed by atoms with van der Waals surface area (Å²) < 4.78 is 18.6. The summed E-state index contributed by atoms with van der Waals surface area (Å²) in [6.07, 6.45) is 0.869. The van der Waals surface area contributed by atoms with E-state index in [0.717, 1.165) is 11.1 Å². The minimum atomic E-state index is -0.303. The molecule has 5 nitrogen and oxygen atoms in total. The minimum Gasteiger partial charge on any atom is -0.349 e. The first-order chi connectivity index (χ1) is 13.0. The van der Waals surface area contributed by atoms with E-state index in [1.807, 2.05) is 43.3 Å². The first kappa shape index (κ1) is 18.8. The molecule has 1 N–H and O–H groups in total. The van der Waals surface area contributed by atoms with Crippen molar-refractivity contribution >= 4 is 5.91 Å². The van der Waals surface area contributed by atoms with Gasteiger partial charge in [0.25, 0.3) is 0 Å². The van der Waals surface area contributed by atoms with Crippen LogP contribution in [0.5, 0.6) is 0 Å². The third-order valence-corrected chi connectivity index (χ3v) is 4.35. The lowest BCUT2D eigenvalue weighted by molar-refractivity contribution is -0.125. The van der Waals surface area contributed by atoms with Crippen LogP contribution in [0.2, 0.25) is 0 Å². The molecule has 0 unspecified atom stereocenters. The lowest BCUT2D eigenvalue weighted by Crippen LogP contribution is -2.34. The fourth-order valence-corrected chi connectivity index (χ4v) is 2.96. The van der Waals surface area contributed by atoms with Crippen molar-refractivity contribution in [1.82, 2.24) is 15.5 Å². The molecule has 27 heavy (non-hydrogen) atoms. The van der Waals surface area contributed by atoms with Crippen molar-refractivity contribution in [2.24, 2.45) is 5.92 Å². The van der Waals surface area contributed by atoms with E-state index in [0.29, 0.717) is 24.6 Å². The zero-order valence-corrected chi connectivity index (χ0v) is 15.4. The van der Waals surface area contributed by atoms with Crippen LogP contribution in [-0.4, -0.2) is 16.0 Å². The number of amides is 1. The molecule has 0 radical (unpaired) electrons. The first-order valence-electron chi connectivity index (χ1n) is 8.90. The highest BCUT2D eigenvalue weighted by atomic mass is 19.1. The summed E-state index contributed by atoms with van der Waals surface area (Å²) in [5.41, 5.74) is 1.75. The standard InChI is InChI=1S/C21H22FN3O2/c1-14(11-16-7-6-10-18(22)12-16)21(26)24-19(17-8-4-3-5-9-17)13-20-23-15(2)25-27-20/h3-10,12,14,19H,11,13H2,1-2H3,(H,24,26)/t14-,19+/m1/s1. The van der Waals surface area contributed by atoms with Crippen LogP contribution in [0.15, 0.2) is 59.1 Å². The number of hydrogen-bond acceptors (Lipinski definition) is 4. The van der Waals surface area contributed by atoms with Crippen LogP contribution in [0, 0.1) is 18.7 Å². The summed E-state index contributed by atoms with van der Waals surface area (Å²) in [5.74, 6) is 0.322. The van der Waals surface area contributed by atoms with E-state index in [4.69, 9.17) is 4.52 Å². The first-order valence-corrected chi connectivity index (χ1v) is 8.90. The average molecular weight is 367 g/mol. The molecule has 1 heterocycles. The number of aryl methyl sites for hydroxylation is 1. The third kappa shape index (κ3) is 5.23. The van der Waals surface area contributed by atoms with Gasteiger partial charge in [0.15, 0.2) is 5.82 Å². The molecule has 0 aliphatic carbocycles. The highest BCUT2D eigenvalue weighted by Crippen LogP contribution is 2.19. The van der Waals surface area contributed by atoms with Crippen molar-refractivity contribution in [3.8, 4) is 0 Å². The number of carbonyl (C=O) groups is 1. The molecule has 0 spiro atoms. The molecule has 140 valence electrons. The normalized spacial score (nSPS) is 13.1. The number of benzene rings is 2. The number of aromatic nitrogens is 2. The van der Waals surface area contributed by atoms with Crippen molar-refractivity contribution in [3.05, 3.63) is 83.3 Å². The largest absolute Gasteiger partial charge is 0.349 e. The summed E-state index contributed by atoms with van der Waals surface area (Å²) in [7, 11) is 0.